The molecule has 0 fully saturated rings. The van der Waals surface area contributed by atoms with Crippen LogP contribution in [0.4, 0.5) is 10.5 Å². The van der Waals surface area contributed by atoms with Gasteiger partial charge in [0.15, 0.2) is 0 Å². The molecule has 5 nitrogen and oxygen atoms in total. The van der Waals surface area contributed by atoms with Crippen LogP contribution in [0.25, 0.3) is 0 Å². The summed E-state index contributed by atoms with van der Waals surface area (Å²) in [7, 11) is 1.71. The van der Waals surface area contributed by atoms with E-state index in [0.717, 1.165) is 11.3 Å². The van der Waals surface area contributed by atoms with Crippen molar-refractivity contribution in [3.05, 3.63) is 42.5 Å². The Balaban J connectivity index is 2.26. The molecule has 0 spiro atoms. The summed E-state index contributed by atoms with van der Waals surface area (Å²) in [5, 5.41) is 8.99. The summed E-state index contributed by atoms with van der Waals surface area (Å²) in [5.74, 6) is -0.997. The Labute approximate surface area is 118 Å². The van der Waals surface area contributed by atoms with Crippen LogP contribution >= 0.6 is 0 Å². The molecule has 1 aromatic carbocycles. The number of benzene rings is 1. The molecule has 0 radical (unpaired) electrons. The summed E-state index contributed by atoms with van der Waals surface area (Å²) in [6, 6.07) is 7.34. The van der Waals surface area contributed by atoms with Gasteiger partial charge in [0.1, 0.15) is 0 Å². The van der Waals surface area contributed by atoms with Crippen LogP contribution in [0, 0.1) is 0 Å². The van der Waals surface area contributed by atoms with Gasteiger partial charge in [0.2, 0.25) is 0 Å². The number of hydrogen-bond donors (Lipinski definition) is 1. The van der Waals surface area contributed by atoms with Gasteiger partial charge in [-0.05, 0) is 11.6 Å². The van der Waals surface area contributed by atoms with Gasteiger partial charge in [0, 0.05) is 31.7 Å². The number of urea groups is 1. The number of carboxylic acid groups (broad SMARTS) is 1. The molecule has 2 rings (SSSR count). The zero-order valence-corrected chi connectivity index (χ0v) is 11.5. The second kappa shape index (κ2) is 5.77. The Hall–Kier alpha value is -2.30. The molecule has 1 N–H and O–H groups in total. The molecule has 0 bridgehead atoms. The summed E-state index contributed by atoms with van der Waals surface area (Å²) in [5.41, 5.74) is 1.73. The van der Waals surface area contributed by atoms with Crippen LogP contribution in [0.2, 0.25) is 0 Å². The molecule has 1 aliphatic rings. The van der Waals surface area contributed by atoms with E-state index in [-0.39, 0.29) is 18.4 Å². The summed E-state index contributed by atoms with van der Waals surface area (Å²) < 4.78 is 0. The first-order valence-corrected chi connectivity index (χ1v) is 6.48. The molecule has 106 valence electrons. The molecule has 1 atom stereocenters. The van der Waals surface area contributed by atoms with Crippen molar-refractivity contribution in [1.82, 2.24) is 4.90 Å². The van der Waals surface area contributed by atoms with E-state index in [1.807, 2.05) is 24.3 Å². The van der Waals surface area contributed by atoms with E-state index in [4.69, 9.17) is 5.11 Å². The van der Waals surface area contributed by atoms with Gasteiger partial charge >= 0.3 is 12.0 Å². The van der Waals surface area contributed by atoms with Crippen molar-refractivity contribution in [2.24, 2.45) is 0 Å². The van der Waals surface area contributed by atoms with Crippen LogP contribution in [0.3, 0.4) is 0 Å². The van der Waals surface area contributed by atoms with Crippen LogP contribution in [0.1, 0.15) is 17.9 Å². The topological polar surface area (TPSA) is 60.9 Å². The number of carboxylic acids is 1. The number of rotatable bonds is 4. The molecule has 1 aliphatic heterocycles. The average molecular weight is 274 g/mol. The number of nitrogens with zero attached hydrogens (tertiary/aromatic N) is 2. The molecular formula is C15H18N2O3. The van der Waals surface area contributed by atoms with Crippen LogP contribution < -0.4 is 4.90 Å². The molecule has 1 unspecified atom stereocenters. The summed E-state index contributed by atoms with van der Waals surface area (Å²) in [6.45, 7) is 4.49. The quantitative estimate of drug-likeness (QED) is 0.857. The fourth-order valence-electron chi connectivity index (χ4n) is 2.54. The first-order chi connectivity index (χ1) is 9.54. The number of carbonyl (C=O) groups is 2. The molecule has 0 aliphatic carbocycles. The lowest BCUT2D eigenvalue weighted by Crippen LogP contribution is -2.40. The predicted molar refractivity (Wildman–Crippen MR) is 77.0 cm³/mol. The first-order valence-electron chi connectivity index (χ1n) is 6.48. The Bertz CT molecular complexity index is 542. The van der Waals surface area contributed by atoms with Gasteiger partial charge in [0.25, 0.3) is 0 Å². The van der Waals surface area contributed by atoms with Crippen LogP contribution in [-0.4, -0.2) is 42.1 Å². The molecular weight excluding hydrogens is 256 g/mol. The standard InChI is InChI=1S/C15H18N2O3/c1-3-8-16(2)15(20)17-10-11(9-14(18)19)12-6-4-5-7-13(12)17/h3-7,11H,1,8-10H2,2H3,(H,18,19). The van der Waals surface area contributed by atoms with Crippen molar-refractivity contribution in [1.29, 1.82) is 0 Å². The van der Waals surface area contributed by atoms with E-state index in [1.54, 1.807) is 22.9 Å². The number of aliphatic carboxylic acids is 1. The van der Waals surface area contributed by atoms with E-state index in [2.05, 4.69) is 6.58 Å². The maximum absolute atomic E-state index is 12.4. The van der Waals surface area contributed by atoms with E-state index in [0.29, 0.717) is 13.1 Å². The van der Waals surface area contributed by atoms with Gasteiger partial charge in [-0.1, -0.05) is 24.3 Å². The van der Waals surface area contributed by atoms with E-state index >= 15 is 0 Å². The van der Waals surface area contributed by atoms with Crippen molar-refractivity contribution in [3.8, 4) is 0 Å². The predicted octanol–water partition coefficient (Wildman–Crippen LogP) is 2.30. The second-order valence-electron chi connectivity index (χ2n) is 4.92. The molecule has 0 saturated heterocycles. The highest BCUT2D eigenvalue weighted by atomic mass is 16.4. The number of hydrogen-bond acceptors (Lipinski definition) is 2. The lowest BCUT2D eigenvalue weighted by Gasteiger charge is -2.24. The maximum atomic E-state index is 12.4. The summed E-state index contributed by atoms with van der Waals surface area (Å²) in [6.07, 6.45) is 1.70. The number of anilines is 1. The monoisotopic (exact) mass is 274 g/mol. The summed E-state index contributed by atoms with van der Waals surface area (Å²) in [4.78, 5) is 26.5. The zero-order valence-electron chi connectivity index (χ0n) is 11.5. The Morgan fingerprint density at radius 2 is 2.20 bits per heavy atom. The number of amides is 2. The lowest BCUT2D eigenvalue weighted by molar-refractivity contribution is -0.137. The van der Waals surface area contributed by atoms with E-state index in [9.17, 15) is 9.59 Å². The third kappa shape index (κ3) is 2.66. The molecule has 5 heteroatoms. The van der Waals surface area contributed by atoms with Gasteiger partial charge in [-0.15, -0.1) is 6.58 Å². The Kier molecular flexibility index (Phi) is 4.08. The molecule has 20 heavy (non-hydrogen) atoms. The van der Waals surface area contributed by atoms with Crippen molar-refractivity contribution in [2.45, 2.75) is 12.3 Å². The summed E-state index contributed by atoms with van der Waals surface area (Å²) >= 11 is 0. The Morgan fingerprint density at radius 3 is 2.85 bits per heavy atom. The van der Waals surface area contributed by atoms with Gasteiger partial charge in [-0.2, -0.15) is 0 Å². The van der Waals surface area contributed by atoms with Crippen molar-refractivity contribution < 1.29 is 14.7 Å². The second-order valence-corrected chi connectivity index (χ2v) is 4.92. The van der Waals surface area contributed by atoms with Gasteiger partial charge < -0.3 is 10.0 Å². The fraction of sp³-hybridized carbons (Fsp3) is 0.333. The van der Waals surface area contributed by atoms with Gasteiger partial charge in [-0.25, -0.2) is 4.79 Å². The van der Waals surface area contributed by atoms with E-state index < -0.39 is 5.97 Å². The first kappa shape index (κ1) is 14.1. The fourth-order valence-corrected chi connectivity index (χ4v) is 2.54. The average Bonchev–Trinajstić information content (AvgIpc) is 2.77. The SMILES string of the molecule is C=CCN(C)C(=O)N1CC(CC(=O)O)c2ccccc21. The number of likely N-dealkylation sites (N-methyl/N-ethyl adjacent to an activating group) is 1. The largest absolute Gasteiger partial charge is 0.481 e. The lowest BCUT2D eigenvalue weighted by atomic mass is 9.98. The molecule has 1 aromatic rings. The molecule has 2 amide bonds. The molecule has 1 heterocycles. The third-order valence-corrected chi connectivity index (χ3v) is 3.45. The highest BCUT2D eigenvalue weighted by molar-refractivity contribution is 5.95. The number of para-hydroxylation sites is 1. The van der Waals surface area contributed by atoms with Crippen LogP contribution in [-0.2, 0) is 4.79 Å². The highest BCUT2D eigenvalue weighted by Crippen LogP contribution is 2.38. The molecule has 0 aromatic heterocycles. The highest BCUT2D eigenvalue weighted by Gasteiger charge is 2.34. The minimum atomic E-state index is -0.849. The molecule has 0 saturated carbocycles. The van der Waals surface area contributed by atoms with Gasteiger partial charge in [0.05, 0.1) is 6.42 Å². The van der Waals surface area contributed by atoms with Crippen molar-refractivity contribution in [3.63, 3.8) is 0 Å². The Morgan fingerprint density at radius 1 is 1.50 bits per heavy atom. The van der Waals surface area contributed by atoms with E-state index in [1.165, 1.54) is 0 Å². The number of fused-ring (bicyclic) bond motifs is 1. The maximum Gasteiger partial charge on any atom is 0.324 e. The number of carbonyl (C=O) groups excluding carboxylic acids is 1. The zero-order chi connectivity index (χ0) is 14.7. The van der Waals surface area contributed by atoms with Crippen LogP contribution in [0.15, 0.2) is 36.9 Å². The smallest absolute Gasteiger partial charge is 0.324 e. The minimum absolute atomic E-state index is 0.0337. The van der Waals surface area contributed by atoms with Crippen molar-refractivity contribution in [2.75, 3.05) is 25.0 Å². The normalized spacial score (nSPS) is 16.6. The minimum Gasteiger partial charge on any atom is -0.481 e. The van der Waals surface area contributed by atoms with Gasteiger partial charge in [-0.3, -0.25) is 9.69 Å². The third-order valence-electron chi connectivity index (χ3n) is 3.45. The van der Waals surface area contributed by atoms with Crippen molar-refractivity contribution >= 4 is 17.7 Å². The van der Waals surface area contributed by atoms with Crippen LogP contribution in [0.5, 0.6) is 0 Å².